The first-order valence-electron chi connectivity index (χ1n) is 8.47. The number of nitrogens with zero attached hydrogens (tertiary/aromatic N) is 1. The fraction of sp³-hybridized carbons (Fsp3) is 0.250. The maximum absolute atomic E-state index is 12.3. The summed E-state index contributed by atoms with van der Waals surface area (Å²) in [4.78, 5) is 24.2. The van der Waals surface area contributed by atoms with Crippen molar-refractivity contribution in [1.29, 1.82) is 0 Å². The Hall–Kier alpha value is -2.95. The van der Waals surface area contributed by atoms with E-state index >= 15 is 0 Å². The van der Waals surface area contributed by atoms with Crippen LogP contribution in [0, 0.1) is 0 Å². The normalized spacial score (nSPS) is 12.0. The molecule has 1 unspecified atom stereocenters. The Balaban J connectivity index is 1.69. The minimum Gasteiger partial charge on any atom is -0.355 e. The molecule has 128 valence electrons. The molecule has 25 heavy (non-hydrogen) atoms. The van der Waals surface area contributed by atoms with E-state index in [0.717, 1.165) is 11.8 Å². The van der Waals surface area contributed by atoms with Crippen molar-refractivity contribution in [3.63, 3.8) is 0 Å². The van der Waals surface area contributed by atoms with Crippen molar-refractivity contribution in [3.05, 3.63) is 76.2 Å². The van der Waals surface area contributed by atoms with E-state index in [9.17, 15) is 9.59 Å². The number of fused-ring (bicyclic) bond motifs is 1. The van der Waals surface area contributed by atoms with Gasteiger partial charge in [-0.15, -0.1) is 0 Å². The molecule has 2 aromatic carbocycles. The zero-order valence-corrected chi connectivity index (χ0v) is 14.2. The second-order valence-corrected chi connectivity index (χ2v) is 6.04. The molecule has 5 nitrogen and oxygen atoms in total. The van der Waals surface area contributed by atoms with Crippen LogP contribution in [0.25, 0.3) is 10.8 Å². The maximum Gasteiger partial charge on any atom is 0.272 e. The minimum absolute atomic E-state index is 0.0981. The molecular formula is C20H21N3O2. The molecule has 0 spiro atoms. The number of nitrogens with one attached hydrogen (secondary N) is 2. The van der Waals surface area contributed by atoms with Gasteiger partial charge in [0.25, 0.3) is 5.56 Å². The molecule has 3 rings (SSSR count). The van der Waals surface area contributed by atoms with E-state index in [1.807, 2.05) is 30.3 Å². The van der Waals surface area contributed by atoms with Gasteiger partial charge in [0.05, 0.1) is 17.5 Å². The van der Waals surface area contributed by atoms with Crippen LogP contribution in [0.15, 0.2) is 59.4 Å². The zero-order chi connectivity index (χ0) is 17.6. The van der Waals surface area contributed by atoms with Crippen molar-refractivity contribution in [2.24, 2.45) is 0 Å². The molecule has 3 aromatic rings. The van der Waals surface area contributed by atoms with Crippen molar-refractivity contribution in [3.8, 4) is 0 Å². The van der Waals surface area contributed by atoms with Crippen LogP contribution in [0.5, 0.6) is 0 Å². The summed E-state index contributed by atoms with van der Waals surface area (Å²) in [6, 6.07) is 17.4. The number of carbonyl (C=O) groups is 1. The van der Waals surface area contributed by atoms with Gasteiger partial charge in [-0.1, -0.05) is 55.5 Å². The Morgan fingerprint density at radius 2 is 1.76 bits per heavy atom. The number of aromatic nitrogens is 2. The molecule has 0 bridgehead atoms. The van der Waals surface area contributed by atoms with Gasteiger partial charge in [-0.2, -0.15) is 5.10 Å². The van der Waals surface area contributed by atoms with Gasteiger partial charge in [0.15, 0.2) is 0 Å². The van der Waals surface area contributed by atoms with Gasteiger partial charge in [-0.3, -0.25) is 9.59 Å². The summed E-state index contributed by atoms with van der Waals surface area (Å²) in [5.74, 6) is 0.185. The van der Waals surface area contributed by atoms with Gasteiger partial charge in [0.2, 0.25) is 5.91 Å². The van der Waals surface area contributed by atoms with Crippen LogP contribution in [0.1, 0.15) is 30.5 Å². The molecule has 1 aromatic heterocycles. The smallest absolute Gasteiger partial charge is 0.272 e. The molecule has 0 aliphatic carbocycles. The van der Waals surface area contributed by atoms with Crippen LogP contribution in [0.3, 0.4) is 0 Å². The molecule has 0 fully saturated rings. The van der Waals surface area contributed by atoms with Crippen LogP contribution in [0.4, 0.5) is 0 Å². The number of benzene rings is 2. The van der Waals surface area contributed by atoms with Crippen LogP contribution >= 0.6 is 0 Å². The zero-order valence-electron chi connectivity index (χ0n) is 14.2. The molecule has 1 atom stereocenters. The Morgan fingerprint density at radius 3 is 2.48 bits per heavy atom. The Bertz CT molecular complexity index is 919. The summed E-state index contributed by atoms with van der Waals surface area (Å²) in [5, 5.41) is 10.8. The molecule has 0 saturated carbocycles. The van der Waals surface area contributed by atoms with E-state index in [4.69, 9.17) is 0 Å². The van der Waals surface area contributed by atoms with E-state index in [2.05, 4.69) is 34.6 Å². The molecule has 1 amide bonds. The average molecular weight is 335 g/mol. The summed E-state index contributed by atoms with van der Waals surface area (Å²) in [6.45, 7) is 2.70. The van der Waals surface area contributed by atoms with Crippen LogP contribution in [-0.4, -0.2) is 22.6 Å². The first-order chi connectivity index (χ1) is 12.2. The molecular weight excluding hydrogens is 314 g/mol. The average Bonchev–Trinajstić information content (AvgIpc) is 2.66. The second-order valence-electron chi connectivity index (χ2n) is 6.04. The summed E-state index contributed by atoms with van der Waals surface area (Å²) >= 11 is 0. The number of aromatic amines is 1. The van der Waals surface area contributed by atoms with Crippen molar-refractivity contribution >= 4 is 16.7 Å². The summed E-state index contributed by atoms with van der Waals surface area (Å²) in [5.41, 5.74) is 1.56. The van der Waals surface area contributed by atoms with E-state index < -0.39 is 0 Å². The molecule has 0 radical (unpaired) electrons. The summed E-state index contributed by atoms with van der Waals surface area (Å²) in [6.07, 6.45) is 1.09. The van der Waals surface area contributed by atoms with Crippen molar-refractivity contribution in [1.82, 2.24) is 15.5 Å². The van der Waals surface area contributed by atoms with Crippen LogP contribution < -0.4 is 10.9 Å². The number of amides is 1. The van der Waals surface area contributed by atoms with Crippen molar-refractivity contribution in [2.45, 2.75) is 25.7 Å². The molecule has 0 aliphatic rings. The van der Waals surface area contributed by atoms with Gasteiger partial charge in [-0.25, -0.2) is 5.10 Å². The number of hydrogen-bond acceptors (Lipinski definition) is 3. The standard InChI is InChI=1S/C20H21N3O2/c1-2-14(15-8-4-3-5-9-15)13-21-19(24)12-18-16-10-6-7-11-17(16)20(25)23-22-18/h3-11,14H,2,12-13H2,1H3,(H,21,24)(H,23,25). The highest BCUT2D eigenvalue weighted by Gasteiger charge is 2.13. The lowest BCUT2D eigenvalue weighted by atomic mass is 9.96. The predicted molar refractivity (Wildman–Crippen MR) is 98.6 cm³/mol. The lowest BCUT2D eigenvalue weighted by molar-refractivity contribution is -0.120. The van der Waals surface area contributed by atoms with Gasteiger partial charge < -0.3 is 5.32 Å². The van der Waals surface area contributed by atoms with Gasteiger partial charge in [-0.05, 0) is 18.1 Å². The van der Waals surface area contributed by atoms with Crippen molar-refractivity contribution < 1.29 is 4.79 Å². The lowest BCUT2D eigenvalue weighted by Crippen LogP contribution is -2.30. The third-order valence-corrected chi connectivity index (χ3v) is 4.41. The monoisotopic (exact) mass is 335 g/mol. The molecule has 0 aliphatic heterocycles. The molecule has 5 heteroatoms. The van der Waals surface area contributed by atoms with E-state index in [1.54, 1.807) is 12.1 Å². The first kappa shape index (κ1) is 16.9. The highest BCUT2D eigenvalue weighted by Crippen LogP contribution is 2.18. The fourth-order valence-corrected chi connectivity index (χ4v) is 2.98. The minimum atomic E-state index is -0.241. The van der Waals surface area contributed by atoms with Crippen LogP contribution in [0.2, 0.25) is 0 Å². The lowest BCUT2D eigenvalue weighted by Gasteiger charge is -2.16. The maximum atomic E-state index is 12.3. The number of H-pyrrole nitrogens is 1. The first-order valence-corrected chi connectivity index (χ1v) is 8.47. The highest BCUT2D eigenvalue weighted by molar-refractivity contribution is 5.88. The Kier molecular flexibility index (Phi) is 5.23. The van der Waals surface area contributed by atoms with Gasteiger partial charge >= 0.3 is 0 Å². The SMILES string of the molecule is CCC(CNC(=O)Cc1n[nH]c(=O)c2ccccc12)c1ccccc1. The molecule has 0 saturated heterocycles. The number of hydrogen-bond donors (Lipinski definition) is 2. The highest BCUT2D eigenvalue weighted by atomic mass is 16.1. The predicted octanol–water partition coefficient (Wildman–Crippen LogP) is 2.78. The summed E-state index contributed by atoms with van der Waals surface area (Å²) in [7, 11) is 0. The van der Waals surface area contributed by atoms with Crippen molar-refractivity contribution in [2.75, 3.05) is 6.54 Å². The number of carbonyl (C=O) groups excluding carboxylic acids is 1. The van der Waals surface area contributed by atoms with E-state index in [1.165, 1.54) is 5.56 Å². The third kappa shape index (κ3) is 3.94. The Morgan fingerprint density at radius 1 is 1.08 bits per heavy atom. The summed E-state index contributed by atoms with van der Waals surface area (Å²) < 4.78 is 0. The third-order valence-electron chi connectivity index (χ3n) is 4.41. The quantitative estimate of drug-likeness (QED) is 0.727. The second kappa shape index (κ2) is 7.75. The largest absolute Gasteiger partial charge is 0.355 e. The number of rotatable bonds is 6. The van der Waals surface area contributed by atoms with E-state index in [0.29, 0.717) is 17.6 Å². The van der Waals surface area contributed by atoms with Gasteiger partial charge in [0, 0.05) is 17.8 Å². The topological polar surface area (TPSA) is 74.8 Å². The molecule has 1 heterocycles. The Labute approximate surface area is 146 Å². The van der Waals surface area contributed by atoms with Gasteiger partial charge in [0.1, 0.15) is 0 Å². The van der Waals surface area contributed by atoms with Crippen LogP contribution in [-0.2, 0) is 11.2 Å². The fourth-order valence-electron chi connectivity index (χ4n) is 2.98. The molecule has 2 N–H and O–H groups in total. The van der Waals surface area contributed by atoms with E-state index in [-0.39, 0.29) is 23.8 Å².